The van der Waals surface area contributed by atoms with Crippen molar-refractivity contribution in [2.75, 3.05) is 0 Å². The van der Waals surface area contributed by atoms with Crippen molar-refractivity contribution in [3.63, 3.8) is 0 Å². The van der Waals surface area contributed by atoms with E-state index in [9.17, 15) is 13.2 Å². The Morgan fingerprint density at radius 2 is 1.93 bits per heavy atom. The molecular weight excluding hydrogens is 460 g/mol. The van der Waals surface area contributed by atoms with E-state index in [0.717, 1.165) is 40.2 Å². The lowest BCUT2D eigenvalue weighted by atomic mass is 10.1. The molecule has 0 spiro atoms. The molecule has 1 N–H and O–H groups in total. The average Bonchev–Trinajstić information content (AvgIpc) is 3.12. The molecule has 0 bridgehead atoms. The molecule has 30 heavy (non-hydrogen) atoms. The van der Waals surface area contributed by atoms with E-state index in [-0.39, 0.29) is 4.90 Å². The number of thioether (sulfide) groups is 1. The van der Waals surface area contributed by atoms with Crippen LogP contribution in [-0.2, 0) is 14.8 Å². The van der Waals surface area contributed by atoms with E-state index in [1.165, 1.54) is 35.2 Å². The van der Waals surface area contributed by atoms with Crippen molar-refractivity contribution in [2.45, 2.75) is 53.5 Å². The minimum atomic E-state index is -3.91. The van der Waals surface area contributed by atoms with E-state index in [1.54, 1.807) is 30.3 Å². The number of thiazole rings is 1. The number of nitrogens with zero attached hydrogens (tertiary/aromatic N) is 1. The first-order valence-corrected chi connectivity index (χ1v) is 13.3. The van der Waals surface area contributed by atoms with Gasteiger partial charge in [0.25, 0.3) is 10.0 Å². The normalized spacial score (nSPS) is 12.7. The van der Waals surface area contributed by atoms with Crippen LogP contribution in [0.25, 0.3) is 10.2 Å². The highest BCUT2D eigenvalue weighted by molar-refractivity contribution is 8.02. The molecule has 1 atom stereocenters. The molecule has 3 aromatic rings. The maximum atomic E-state index is 12.9. The van der Waals surface area contributed by atoms with E-state index < -0.39 is 21.2 Å². The van der Waals surface area contributed by atoms with Crippen molar-refractivity contribution < 1.29 is 13.2 Å². The highest BCUT2D eigenvalue weighted by atomic mass is 35.5. The van der Waals surface area contributed by atoms with Gasteiger partial charge in [0, 0.05) is 5.02 Å². The topological polar surface area (TPSA) is 76.1 Å². The van der Waals surface area contributed by atoms with Gasteiger partial charge < -0.3 is 0 Å². The predicted octanol–water partition coefficient (Wildman–Crippen LogP) is 5.89. The minimum Gasteiger partial charge on any atom is -0.273 e. The molecule has 0 aliphatic heterocycles. The fraction of sp³-hybridized carbons (Fsp3) is 0.333. The summed E-state index contributed by atoms with van der Waals surface area (Å²) < 4.78 is 29.1. The van der Waals surface area contributed by atoms with E-state index in [1.807, 2.05) is 6.07 Å². The second-order valence-corrected chi connectivity index (χ2v) is 11.4. The number of sulfonamides is 1. The summed E-state index contributed by atoms with van der Waals surface area (Å²) in [6, 6.07) is 13.4. The predicted molar refractivity (Wildman–Crippen MR) is 125 cm³/mol. The van der Waals surface area contributed by atoms with E-state index >= 15 is 0 Å². The number of aromatic nitrogens is 1. The molecule has 3 rings (SSSR count). The Balaban J connectivity index is 1.77. The summed E-state index contributed by atoms with van der Waals surface area (Å²) in [6.07, 6.45) is 4.60. The van der Waals surface area contributed by atoms with Crippen molar-refractivity contribution in [1.29, 1.82) is 0 Å². The molecule has 1 amide bonds. The third-order valence-corrected chi connectivity index (χ3v) is 8.47. The number of rotatable bonds is 10. The van der Waals surface area contributed by atoms with Gasteiger partial charge in [0.1, 0.15) is 0 Å². The van der Waals surface area contributed by atoms with Gasteiger partial charge in [-0.3, -0.25) is 4.79 Å². The maximum absolute atomic E-state index is 12.9. The van der Waals surface area contributed by atoms with Gasteiger partial charge in [-0.25, -0.2) is 18.1 Å². The zero-order valence-corrected chi connectivity index (χ0v) is 19.7. The summed E-state index contributed by atoms with van der Waals surface area (Å²) in [5, 5.41) is 0.0588. The van der Waals surface area contributed by atoms with E-state index in [2.05, 4.69) is 16.6 Å². The van der Waals surface area contributed by atoms with Crippen molar-refractivity contribution >= 4 is 60.8 Å². The Morgan fingerprint density at radius 3 is 2.67 bits per heavy atom. The number of amides is 1. The van der Waals surface area contributed by atoms with Crippen LogP contribution in [0.1, 0.15) is 39.0 Å². The van der Waals surface area contributed by atoms with Crippen LogP contribution < -0.4 is 4.72 Å². The lowest BCUT2D eigenvalue weighted by Crippen LogP contribution is -2.37. The van der Waals surface area contributed by atoms with Crippen LogP contribution in [0.15, 0.2) is 57.8 Å². The number of nitrogens with one attached hydrogen (secondary N) is 1. The number of halogens is 1. The zero-order valence-electron chi connectivity index (χ0n) is 16.5. The molecule has 0 aliphatic carbocycles. The molecule has 1 aromatic heterocycles. The van der Waals surface area contributed by atoms with Gasteiger partial charge in [0.15, 0.2) is 4.34 Å². The number of hydrogen-bond acceptors (Lipinski definition) is 6. The zero-order chi connectivity index (χ0) is 21.6. The summed E-state index contributed by atoms with van der Waals surface area (Å²) in [7, 11) is -3.91. The van der Waals surface area contributed by atoms with Crippen LogP contribution in [-0.4, -0.2) is 24.6 Å². The third-order valence-electron chi connectivity index (χ3n) is 4.47. The highest BCUT2D eigenvalue weighted by Crippen LogP contribution is 2.35. The molecule has 0 saturated heterocycles. The molecule has 1 heterocycles. The molecule has 160 valence electrons. The molecule has 9 heteroatoms. The molecule has 0 saturated carbocycles. The molecule has 0 fully saturated rings. The van der Waals surface area contributed by atoms with Gasteiger partial charge in [-0.2, -0.15) is 0 Å². The summed E-state index contributed by atoms with van der Waals surface area (Å²) in [5.41, 5.74) is 0.775. The van der Waals surface area contributed by atoms with Gasteiger partial charge in [-0.05, 0) is 36.8 Å². The lowest BCUT2D eigenvalue weighted by Gasteiger charge is -2.15. The fourth-order valence-electron chi connectivity index (χ4n) is 2.91. The van der Waals surface area contributed by atoms with Crippen LogP contribution in [0.4, 0.5) is 0 Å². The minimum absolute atomic E-state index is 0.0720. The molecule has 1 unspecified atom stereocenters. The van der Waals surface area contributed by atoms with Crippen LogP contribution >= 0.6 is 34.7 Å². The average molecular weight is 483 g/mol. The van der Waals surface area contributed by atoms with Gasteiger partial charge in [-0.15, -0.1) is 11.3 Å². The van der Waals surface area contributed by atoms with Crippen LogP contribution in [0, 0.1) is 0 Å². The van der Waals surface area contributed by atoms with E-state index in [0.29, 0.717) is 11.4 Å². The Kier molecular flexibility index (Phi) is 8.16. The van der Waals surface area contributed by atoms with Gasteiger partial charge in [0.2, 0.25) is 5.91 Å². The second-order valence-electron chi connectivity index (χ2n) is 6.83. The summed E-state index contributed by atoms with van der Waals surface area (Å²) >= 11 is 8.82. The van der Waals surface area contributed by atoms with Crippen molar-refractivity contribution in [1.82, 2.24) is 9.71 Å². The molecule has 5 nitrogen and oxygen atoms in total. The number of carbonyl (C=O) groups is 1. The van der Waals surface area contributed by atoms with Crippen molar-refractivity contribution in [3.05, 3.63) is 53.6 Å². The number of fused-ring (bicyclic) bond motifs is 1. The maximum Gasteiger partial charge on any atom is 0.264 e. The fourth-order valence-corrected chi connectivity index (χ4v) is 6.52. The Hall–Kier alpha value is -1.61. The monoisotopic (exact) mass is 482 g/mol. The van der Waals surface area contributed by atoms with Crippen molar-refractivity contribution in [2.24, 2.45) is 0 Å². The van der Waals surface area contributed by atoms with Gasteiger partial charge in [0.05, 0.1) is 20.4 Å². The molecule has 0 radical (unpaired) electrons. The first-order chi connectivity index (χ1) is 14.4. The number of carbonyl (C=O) groups excluding carboxylic acids is 1. The van der Waals surface area contributed by atoms with Gasteiger partial charge in [-0.1, -0.05) is 74.2 Å². The molecule has 2 aromatic carbocycles. The number of benzene rings is 2. The Morgan fingerprint density at radius 1 is 1.17 bits per heavy atom. The largest absolute Gasteiger partial charge is 0.273 e. The number of hydrogen-bond donors (Lipinski definition) is 1. The first-order valence-electron chi connectivity index (χ1n) is 9.73. The molecular formula is C21H23ClN2O3S3. The summed E-state index contributed by atoms with van der Waals surface area (Å²) in [6.45, 7) is 2.12. The second kappa shape index (κ2) is 10.6. The first kappa shape index (κ1) is 23.1. The third kappa shape index (κ3) is 6.20. The Labute approximate surface area is 190 Å². The van der Waals surface area contributed by atoms with Crippen LogP contribution in [0.2, 0.25) is 5.02 Å². The lowest BCUT2D eigenvalue weighted by molar-refractivity contribution is -0.118. The van der Waals surface area contributed by atoms with Crippen LogP contribution in [0.5, 0.6) is 0 Å². The van der Waals surface area contributed by atoms with Crippen molar-refractivity contribution in [3.8, 4) is 0 Å². The Bertz CT molecular complexity index is 1100. The van der Waals surface area contributed by atoms with Gasteiger partial charge >= 0.3 is 0 Å². The van der Waals surface area contributed by atoms with E-state index in [4.69, 9.17) is 11.6 Å². The standard InChI is InChI=1S/C21H23ClN2O3S3/c1-2-3-4-8-11-19(20(25)24-30(26,27)16-9-6-5-7-10-16)29-21-23-17-14-15(22)12-13-18(17)28-21/h5-7,9-10,12-14,19H,2-4,8,11H2,1H3,(H,24,25). The summed E-state index contributed by atoms with van der Waals surface area (Å²) in [4.78, 5) is 17.5. The van der Waals surface area contributed by atoms with Crippen LogP contribution in [0.3, 0.4) is 0 Å². The highest BCUT2D eigenvalue weighted by Gasteiger charge is 2.26. The number of unbranched alkanes of at least 4 members (excludes halogenated alkanes) is 3. The quantitative estimate of drug-likeness (QED) is 0.288. The molecule has 0 aliphatic rings. The smallest absolute Gasteiger partial charge is 0.264 e. The SMILES string of the molecule is CCCCCCC(Sc1nc2cc(Cl)ccc2s1)C(=O)NS(=O)(=O)c1ccccc1. The summed E-state index contributed by atoms with van der Waals surface area (Å²) in [5.74, 6) is -0.516.